The van der Waals surface area contributed by atoms with Crippen LogP contribution in [-0.2, 0) is 9.47 Å². The number of aromatic nitrogens is 3. The number of morpholine rings is 2. The molecule has 0 saturated carbocycles. The number of benzene rings is 2. The van der Waals surface area contributed by atoms with Crippen LogP contribution < -0.4 is 10.2 Å². The largest absolute Gasteiger partial charge is 0.378 e. The Hall–Kier alpha value is -4.38. The van der Waals surface area contributed by atoms with E-state index in [4.69, 9.17) is 19.4 Å². The summed E-state index contributed by atoms with van der Waals surface area (Å²) in [4.78, 5) is 32.8. The summed E-state index contributed by atoms with van der Waals surface area (Å²) in [5.41, 5.74) is 4.46. The molecule has 3 aromatic heterocycles. The van der Waals surface area contributed by atoms with Crippen LogP contribution >= 0.6 is 11.3 Å². The van der Waals surface area contributed by atoms with Gasteiger partial charge in [-0.2, -0.15) is 0 Å². The van der Waals surface area contributed by atoms with Crippen LogP contribution in [0.4, 0.5) is 17.3 Å². The first kappa shape index (κ1) is 26.5. The first-order valence-corrected chi connectivity index (χ1v) is 14.9. The van der Waals surface area contributed by atoms with E-state index in [9.17, 15) is 4.79 Å². The molecular weight excluding hydrogens is 548 g/mol. The molecular formula is C32H30N6O3S. The lowest BCUT2D eigenvalue weighted by atomic mass is 10.1. The number of nitrogens with one attached hydrogen (secondary N) is 1. The summed E-state index contributed by atoms with van der Waals surface area (Å²) in [7, 11) is 0. The van der Waals surface area contributed by atoms with E-state index in [0.717, 1.165) is 56.6 Å². The fourth-order valence-corrected chi connectivity index (χ4v) is 6.29. The lowest BCUT2D eigenvalue weighted by Gasteiger charge is -2.28. The maximum absolute atomic E-state index is 12.9. The molecule has 0 unspecified atom stereocenters. The predicted molar refractivity (Wildman–Crippen MR) is 166 cm³/mol. The predicted octanol–water partition coefficient (Wildman–Crippen LogP) is 5.47. The number of thiophene rings is 1. The zero-order valence-electron chi connectivity index (χ0n) is 23.0. The second kappa shape index (κ2) is 11.8. The van der Waals surface area contributed by atoms with Gasteiger partial charge in [-0.15, -0.1) is 11.3 Å². The molecule has 2 fully saturated rings. The highest BCUT2D eigenvalue weighted by Gasteiger charge is 2.22. The highest BCUT2D eigenvalue weighted by molar-refractivity contribution is 7.22. The van der Waals surface area contributed by atoms with Crippen LogP contribution in [0, 0.1) is 0 Å². The van der Waals surface area contributed by atoms with Gasteiger partial charge in [-0.1, -0.05) is 30.3 Å². The van der Waals surface area contributed by atoms with Crippen LogP contribution in [0.25, 0.3) is 32.0 Å². The van der Waals surface area contributed by atoms with E-state index in [1.54, 1.807) is 11.3 Å². The minimum absolute atomic E-state index is 0.0462. The van der Waals surface area contributed by atoms with Crippen molar-refractivity contribution in [2.45, 2.75) is 0 Å². The third kappa shape index (κ3) is 5.56. The highest BCUT2D eigenvalue weighted by atomic mass is 32.1. The standard InChI is InChI=1S/C32H30N6O3S/c39-32(38-14-18-41-19-15-38)23-8-6-22(7-9-23)27-20-26-29(42-27)31(37-12-16-40-17-13-37)36-30(35-26)24-10-11-28(33-21-24)34-25-4-2-1-3-5-25/h1-11,20-21H,12-19H2,(H,33,34). The Kier molecular flexibility index (Phi) is 7.48. The third-order valence-electron chi connectivity index (χ3n) is 7.45. The van der Waals surface area contributed by atoms with Crippen LogP contribution in [0.1, 0.15) is 10.4 Å². The van der Waals surface area contributed by atoms with Crippen LogP contribution in [-0.4, -0.2) is 78.4 Å². The summed E-state index contributed by atoms with van der Waals surface area (Å²) in [6.07, 6.45) is 1.81. The second-order valence-corrected chi connectivity index (χ2v) is 11.3. The van der Waals surface area contributed by atoms with Crippen LogP contribution in [0.5, 0.6) is 0 Å². The number of hydrogen-bond donors (Lipinski definition) is 1. The maximum Gasteiger partial charge on any atom is 0.254 e. The van der Waals surface area contributed by atoms with Gasteiger partial charge in [0.2, 0.25) is 0 Å². The number of pyridine rings is 1. The fraction of sp³-hybridized carbons (Fsp3) is 0.250. The Balaban J connectivity index is 1.20. The molecule has 5 heterocycles. The Morgan fingerprint density at radius 1 is 0.810 bits per heavy atom. The lowest BCUT2D eigenvalue weighted by Crippen LogP contribution is -2.40. The van der Waals surface area contributed by atoms with Gasteiger partial charge >= 0.3 is 0 Å². The number of rotatable bonds is 6. The molecule has 2 aliphatic heterocycles. The van der Waals surface area contributed by atoms with Crippen molar-refractivity contribution in [3.8, 4) is 21.8 Å². The summed E-state index contributed by atoms with van der Waals surface area (Å²) >= 11 is 1.68. The van der Waals surface area contributed by atoms with Crippen molar-refractivity contribution in [2.24, 2.45) is 0 Å². The van der Waals surface area contributed by atoms with Crippen molar-refractivity contribution in [1.29, 1.82) is 0 Å². The zero-order valence-corrected chi connectivity index (χ0v) is 23.8. The molecule has 2 aliphatic rings. The summed E-state index contributed by atoms with van der Waals surface area (Å²) < 4.78 is 12.1. The molecule has 5 aromatic rings. The van der Waals surface area contributed by atoms with Crippen molar-refractivity contribution < 1.29 is 14.3 Å². The molecule has 0 aliphatic carbocycles. The van der Waals surface area contributed by atoms with Gasteiger partial charge in [0.1, 0.15) is 5.82 Å². The number of anilines is 3. The molecule has 0 radical (unpaired) electrons. The zero-order chi connectivity index (χ0) is 28.3. The number of fused-ring (bicyclic) bond motifs is 1. The first-order chi connectivity index (χ1) is 20.7. The average molecular weight is 579 g/mol. The molecule has 2 saturated heterocycles. The number of carbonyl (C=O) groups is 1. The minimum Gasteiger partial charge on any atom is -0.378 e. The number of para-hydroxylation sites is 1. The van der Waals surface area contributed by atoms with Gasteiger partial charge in [-0.3, -0.25) is 4.79 Å². The molecule has 0 bridgehead atoms. The molecule has 9 nitrogen and oxygen atoms in total. The Labute approximate surface area is 247 Å². The van der Waals surface area contributed by atoms with Crippen LogP contribution in [0.15, 0.2) is 79.0 Å². The maximum atomic E-state index is 12.9. The molecule has 42 heavy (non-hydrogen) atoms. The quantitative estimate of drug-likeness (QED) is 0.284. The van der Waals surface area contributed by atoms with E-state index in [2.05, 4.69) is 21.3 Å². The van der Waals surface area contributed by atoms with E-state index < -0.39 is 0 Å². The molecule has 0 atom stereocenters. The molecule has 1 amide bonds. The SMILES string of the molecule is O=C(c1ccc(-c2cc3nc(-c4ccc(Nc5ccccc5)nc4)nc(N4CCOCC4)c3s2)cc1)N1CCOCC1. The Morgan fingerprint density at radius 2 is 1.52 bits per heavy atom. The summed E-state index contributed by atoms with van der Waals surface area (Å²) in [5.74, 6) is 2.36. The first-order valence-electron chi connectivity index (χ1n) is 14.1. The lowest BCUT2D eigenvalue weighted by molar-refractivity contribution is 0.0303. The molecule has 10 heteroatoms. The molecule has 2 aromatic carbocycles. The highest BCUT2D eigenvalue weighted by Crippen LogP contribution is 2.39. The van der Waals surface area contributed by atoms with Crippen LogP contribution in [0.3, 0.4) is 0 Å². The number of carbonyl (C=O) groups excluding carboxylic acids is 1. The van der Waals surface area contributed by atoms with Gasteiger partial charge in [0, 0.05) is 54.1 Å². The van der Waals surface area contributed by atoms with E-state index >= 15 is 0 Å². The number of hydrogen-bond acceptors (Lipinski definition) is 9. The average Bonchev–Trinajstić information content (AvgIpc) is 3.50. The van der Waals surface area contributed by atoms with E-state index in [1.807, 2.05) is 77.8 Å². The minimum atomic E-state index is 0.0462. The van der Waals surface area contributed by atoms with Gasteiger partial charge in [-0.25, -0.2) is 15.0 Å². The topological polar surface area (TPSA) is 92.7 Å². The molecule has 7 rings (SSSR count). The summed E-state index contributed by atoms with van der Waals surface area (Å²) in [6, 6.07) is 23.9. The van der Waals surface area contributed by atoms with Crippen LogP contribution in [0.2, 0.25) is 0 Å². The van der Waals surface area contributed by atoms with Crippen molar-refractivity contribution in [3.05, 3.63) is 84.6 Å². The van der Waals surface area contributed by atoms with Gasteiger partial charge < -0.3 is 24.6 Å². The van der Waals surface area contributed by atoms with Crippen molar-refractivity contribution in [1.82, 2.24) is 19.9 Å². The number of ether oxygens (including phenoxy) is 2. The van der Waals surface area contributed by atoms with Gasteiger partial charge in [0.15, 0.2) is 11.6 Å². The third-order valence-corrected chi connectivity index (χ3v) is 8.62. The van der Waals surface area contributed by atoms with Crippen molar-refractivity contribution in [3.63, 3.8) is 0 Å². The number of amides is 1. The summed E-state index contributed by atoms with van der Waals surface area (Å²) in [5, 5.41) is 3.32. The van der Waals surface area contributed by atoms with Crippen molar-refractivity contribution in [2.75, 3.05) is 62.8 Å². The molecule has 212 valence electrons. The van der Waals surface area contributed by atoms with E-state index in [0.29, 0.717) is 50.9 Å². The molecule has 1 N–H and O–H groups in total. The summed E-state index contributed by atoms with van der Waals surface area (Å²) in [6.45, 7) is 5.31. The van der Waals surface area contributed by atoms with Gasteiger partial charge in [-0.05, 0) is 48.0 Å². The normalized spacial score (nSPS) is 15.6. The Morgan fingerprint density at radius 3 is 2.24 bits per heavy atom. The van der Waals surface area contributed by atoms with E-state index in [1.165, 1.54) is 0 Å². The Bertz CT molecular complexity index is 1680. The van der Waals surface area contributed by atoms with E-state index in [-0.39, 0.29) is 5.91 Å². The van der Waals surface area contributed by atoms with Crippen molar-refractivity contribution >= 4 is 44.8 Å². The number of nitrogens with zero attached hydrogens (tertiary/aromatic N) is 5. The fourth-order valence-electron chi connectivity index (χ4n) is 5.17. The second-order valence-electron chi connectivity index (χ2n) is 10.2. The van der Waals surface area contributed by atoms with Gasteiger partial charge in [0.25, 0.3) is 5.91 Å². The molecule has 0 spiro atoms. The smallest absolute Gasteiger partial charge is 0.254 e. The van der Waals surface area contributed by atoms with Gasteiger partial charge in [0.05, 0.1) is 36.6 Å². The monoisotopic (exact) mass is 578 g/mol.